The summed E-state index contributed by atoms with van der Waals surface area (Å²) in [6, 6.07) is 0. The molecule has 0 bridgehead atoms. The summed E-state index contributed by atoms with van der Waals surface area (Å²) < 4.78 is 4.98. The quantitative estimate of drug-likeness (QED) is 0.274. The van der Waals surface area contributed by atoms with Crippen molar-refractivity contribution in [2.24, 2.45) is 0 Å². The summed E-state index contributed by atoms with van der Waals surface area (Å²) in [6.45, 7) is 9.28. The summed E-state index contributed by atoms with van der Waals surface area (Å²) in [5.74, 6) is -0.490. The van der Waals surface area contributed by atoms with Crippen molar-refractivity contribution in [3.8, 4) is 0 Å². The van der Waals surface area contributed by atoms with Crippen molar-refractivity contribution in [2.45, 2.75) is 38.1 Å². The first-order valence-electron chi connectivity index (χ1n) is 5.80. The Morgan fingerprint density at radius 1 is 1.41 bits per heavy atom. The van der Waals surface area contributed by atoms with Crippen molar-refractivity contribution in [1.29, 1.82) is 0 Å². The number of hydrogen-bond acceptors (Lipinski definition) is 3. The molecule has 0 aliphatic heterocycles. The van der Waals surface area contributed by atoms with Gasteiger partial charge in [-0.15, -0.1) is 6.58 Å². The van der Waals surface area contributed by atoms with Gasteiger partial charge in [0.05, 0.1) is 0 Å². The van der Waals surface area contributed by atoms with E-state index in [2.05, 4.69) is 25.4 Å². The fourth-order valence-corrected chi connectivity index (χ4v) is 1.50. The van der Waals surface area contributed by atoms with Crippen LogP contribution in [0.25, 0.3) is 0 Å². The van der Waals surface area contributed by atoms with E-state index < -0.39 is 11.5 Å². The van der Waals surface area contributed by atoms with Crippen molar-refractivity contribution in [2.75, 3.05) is 6.61 Å². The number of carbonyl (C=O) groups is 2. The minimum absolute atomic E-state index is 0.128. The topological polar surface area (TPSA) is 55.4 Å². The van der Waals surface area contributed by atoms with E-state index in [4.69, 9.17) is 4.74 Å². The van der Waals surface area contributed by atoms with E-state index in [0.29, 0.717) is 12.8 Å². The summed E-state index contributed by atoms with van der Waals surface area (Å²) in [5.41, 5.74) is -1.11. The summed E-state index contributed by atoms with van der Waals surface area (Å²) in [5, 5.41) is 2.51. The van der Waals surface area contributed by atoms with Crippen LogP contribution in [0.3, 0.4) is 0 Å². The van der Waals surface area contributed by atoms with Gasteiger partial charge >= 0.3 is 5.97 Å². The van der Waals surface area contributed by atoms with Gasteiger partial charge in [-0.25, -0.2) is 4.79 Å². The Kier molecular flexibility index (Phi) is 7.76. The van der Waals surface area contributed by atoms with E-state index in [9.17, 15) is 9.59 Å². The average molecular weight is 239 g/mol. The molecule has 4 nitrogen and oxygen atoms in total. The van der Waals surface area contributed by atoms with Crippen molar-refractivity contribution in [1.82, 2.24) is 5.32 Å². The molecule has 0 aliphatic carbocycles. The first-order valence-corrected chi connectivity index (χ1v) is 5.80. The van der Waals surface area contributed by atoms with Crippen LogP contribution >= 0.6 is 0 Å². The van der Waals surface area contributed by atoms with Gasteiger partial charge in [0.25, 0.3) is 0 Å². The van der Waals surface area contributed by atoms with Gasteiger partial charge in [0.15, 0.2) is 5.54 Å². The van der Waals surface area contributed by atoms with E-state index in [1.165, 1.54) is 12.2 Å². The zero-order chi connectivity index (χ0) is 13.1. The molecule has 0 aromatic rings. The number of esters is 1. The van der Waals surface area contributed by atoms with E-state index >= 15 is 0 Å². The molecule has 0 aromatic carbocycles. The van der Waals surface area contributed by atoms with Crippen LogP contribution in [0.4, 0.5) is 0 Å². The Balaban J connectivity index is 4.65. The Bertz CT molecular complexity index is 276. The Hall–Kier alpha value is -1.58. The maximum absolute atomic E-state index is 11.9. The predicted octanol–water partition coefficient (Wildman–Crippen LogP) is 1.97. The highest BCUT2D eigenvalue weighted by atomic mass is 16.5. The number of amides is 1. The lowest BCUT2D eigenvalue weighted by Crippen LogP contribution is -2.50. The first-order chi connectivity index (χ1) is 8.16. The predicted molar refractivity (Wildman–Crippen MR) is 67.4 cm³/mol. The number of carbonyl (C=O) groups excluding carboxylic acids is 2. The summed E-state index contributed by atoms with van der Waals surface area (Å²) in [6.07, 6.45) is 6.77. The second-order valence-electron chi connectivity index (χ2n) is 3.78. The molecule has 1 unspecified atom stereocenters. The van der Waals surface area contributed by atoms with Gasteiger partial charge in [-0.3, -0.25) is 4.79 Å². The van der Waals surface area contributed by atoms with E-state index in [1.807, 2.05) is 0 Å². The molecule has 0 saturated heterocycles. The van der Waals surface area contributed by atoms with Gasteiger partial charge in [0.2, 0.25) is 6.41 Å². The molecular weight excluding hydrogens is 218 g/mol. The summed E-state index contributed by atoms with van der Waals surface area (Å²) in [7, 11) is 0. The largest absolute Gasteiger partial charge is 0.459 e. The zero-order valence-corrected chi connectivity index (χ0v) is 10.4. The number of rotatable bonds is 10. The third kappa shape index (κ3) is 4.85. The molecule has 0 fully saturated rings. The lowest BCUT2D eigenvalue weighted by atomic mass is 9.92. The van der Waals surface area contributed by atoms with Gasteiger partial charge in [0, 0.05) is 0 Å². The molecule has 96 valence electrons. The normalized spacial score (nSPS) is 13.2. The molecule has 1 atom stereocenters. The molecule has 17 heavy (non-hydrogen) atoms. The van der Waals surface area contributed by atoms with Crippen LogP contribution in [0.5, 0.6) is 0 Å². The molecule has 0 saturated carbocycles. The molecule has 1 amide bonds. The second kappa shape index (κ2) is 8.56. The van der Waals surface area contributed by atoms with Crippen molar-refractivity contribution >= 4 is 12.4 Å². The SMILES string of the molecule is C=CCOC(=O)C(C=C)(CCCCC)NC=O. The van der Waals surface area contributed by atoms with Crippen LogP contribution < -0.4 is 5.32 Å². The second-order valence-corrected chi connectivity index (χ2v) is 3.78. The smallest absolute Gasteiger partial charge is 0.336 e. The summed E-state index contributed by atoms with van der Waals surface area (Å²) in [4.78, 5) is 22.5. The van der Waals surface area contributed by atoms with Gasteiger partial charge in [-0.05, 0) is 6.42 Å². The number of unbranched alkanes of at least 4 members (excludes halogenated alkanes) is 2. The van der Waals surface area contributed by atoms with Crippen molar-refractivity contribution in [3.63, 3.8) is 0 Å². The van der Waals surface area contributed by atoms with E-state index in [1.54, 1.807) is 0 Å². The average Bonchev–Trinajstić information content (AvgIpc) is 2.35. The molecule has 4 heteroatoms. The number of ether oxygens (including phenoxy) is 1. The van der Waals surface area contributed by atoms with Gasteiger partial charge in [0.1, 0.15) is 6.61 Å². The minimum Gasteiger partial charge on any atom is -0.459 e. The lowest BCUT2D eigenvalue weighted by molar-refractivity contribution is -0.149. The van der Waals surface area contributed by atoms with Crippen LogP contribution in [-0.2, 0) is 14.3 Å². The van der Waals surface area contributed by atoms with Crippen LogP contribution in [0.15, 0.2) is 25.3 Å². The highest BCUT2D eigenvalue weighted by Gasteiger charge is 2.35. The van der Waals surface area contributed by atoms with E-state index in [-0.39, 0.29) is 6.61 Å². The fourth-order valence-electron chi connectivity index (χ4n) is 1.50. The molecule has 0 spiro atoms. The van der Waals surface area contributed by atoms with Gasteiger partial charge < -0.3 is 10.1 Å². The van der Waals surface area contributed by atoms with Crippen LogP contribution in [-0.4, -0.2) is 24.5 Å². The minimum atomic E-state index is -1.11. The molecular formula is C13H21NO3. The third-order valence-electron chi connectivity index (χ3n) is 2.54. The zero-order valence-electron chi connectivity index (χ0n) is 10.4. The standard InChI is InChI=1S/C13H21NO3/c1-4-7-8-9-13(6-3,14-11-15)12(16)17-10-5-2/h5-6,11H,2-4,7-10H2,1H3,(H,14,15). The molecule has 0 rings (SSSR count). The summed E-state index contributed by atoms with van der Waals surface area (Å²) >= 11 is 0. The van der Waals surface area contributed by atoms with Crippen LogP contribution in [0.2, 0.25) is 0 Å². The third-order valence-corrected chi connectivity index (χ3v) is 2.54. The molecule has 0 aliphatic rings. The molecule has 0 radical (unpaired) electrons. The van der Waals surface area contributed by atoms with Gasteiger partial charge in [-0.1, -0.05) is 44.9 Å². The molecule has 1 N–H and O–H groups in total. The first kappa shape index (κ1) is 15.4. The Morgan fingerprint density at radius 3 is 2.59 bits per heavy atom. The maximum Gasteiger partial charge on any atom is 0.336 e. The fraction of sp³-hybridized carbons (Fsp3) is 0.538. The number of hydrogen-bond donors (Lipinski definition) is 1. The maximum atomic E-state index is 11.9. The van der Waals surface area contributed by atoms with Gasteiger partial charge in [-0.2, -0.15) is 0 Å². The van der Waals surface area contributed by atoms with E-state index in [0.717, 1.165) is 19.3 Å². The Morgan fingerprint density at radius 2 is 2.12 bits per heavy atom. The lowest BCUT2D eigenvalue weighted by Gasteiger charge is -2.27. The monoisotopic (exact) mass is 239 g/mol. The van der Waals surface area contributed by atoms with Crippen molar-refractivity contribution < 1.29 is 14.3 Å². The van der Waals surface area contributed by atoms with Crippen LogP contribution in [0, 0.1) is 0 Å². The van der Waals surface area contributed by atoms with Crippen LogP contribution in [0.1, 0.15) is 32.6 Å². The molecule has 0 aromatic heterocycles. The Labute approximate surface area is 103 Å². The highest BCUT2D eigenvalue weighted by Crippen LogP contribution is 2.18. The van der Waals surface area contributed by atoms with Crippen molar-refractivity contribution in [3.05, 3.63) is 25.3 Å². The highest BCUT2D eigenvalue weighted by molar-refractivity contribution is 5.85. The number of nitrogens with one attached hydrogen (secondary N) is 1. The molecule has 0 heterocycles.